The van der Waals surface area contributed by atoms with E-state index < -0.39 is 0 Å². The first kappa shape index (κ1) is 14.2. The molecule has 3 N–H and O–H groups in total. The molecule has 0 fully saturated rings. The van der Waals surface area contributed by atoms with Crippen molar-refractivity contribution in [3.8, 4) is 0 Å². The smallest absolute Gasteiger partial charge is 0.229 e. The summed E-state index contributed by atoms with van der Waals surface area (Å²) < 4.78 is 0. The van der Waals surface area contributed by atoms with Gasteiger partial charge in [0.25, 0.3) is 0 Å². The van der Waals surface area contributed by atoms with Crippen molar-refractivity contribution in [1.82, 2.24) is 4.98 Å². The summed E-state index contributed by atoms with van der Waals surface area (Å²) in [5, 5.41) is 2.85. The van der Waals surface area contributed by atoms with Gasteiger partial charge in [-0.3, -0.25) is 9.78 Å². The first-order chi connectivity index (χ1) is 9.58. The molecule has 0 radical (unpaired) electrons. The van der Waals surface area contributed by atoms with E-state index in [-0.39, 0.29) is 17.9 Å². The van der Waals surface area contributed by atoms with E-state index in [1.54, 1.807) is 12.4 Å². The van der Waals surface area contributed by atoms with Crippen molar-refractivity contribution in [2.24, 2.45) is 11.7 Å². The number of aromatic nitrogens is 1. The summed E-state index contributed by atoms with van der Waals surface area (Å²) in [6, 6.07) is 11.2. The Morgan fingerprint density at radius 1 is 1.25 bits per heavy atom. The second-order valence-corrected chi connectivity index (χ2v) is 4.97. The van der Waals surface area contributed by atoms with Gasteiger partial charge in [0.05, 0.1) is 17.8 Å². The summed E-state index contributed by atoms with van der Waals surface area (Å²) in [5.74, 6) is -0.424. The van der Waals surface area contributed by atoms with Crippen molar-refractivity contribution in [3.63, 3.8) is 0 Å². The molecule has 1 aromatic heterocycles. The van der Waals surface area contributed by atoms with Gasteiger partial charge in [-0.05, 0) is 24.1 Å². The Bertz CT molecular complexity index is 583. The molecule has 0 aliphatic rings. The predicted octanol–water partition coefficient (Wildman–Crippen LogP) is 2.66. The highest BCUT2D eigenvalue weighted by atomic mass is 16.1. The topological polar surface area (TPSA) is 68.0 Å². The molecule has 0 aliphatic carbocycles. The van der Waals surface area contributed by atoms with E-state index in [0.29, 0.717) is 5.69 Å². The standard InChI is InChI=1S/C16H19N3O/c1-11-8-14(10-18-9-11)19-16(20)12(2)15(17)13-6-4-3-5-7-13/h3-10,12,15H,17H2,1-2H3,(H,19,20). The molecular weight excluding hydrogens is 250 g/mol. The number of nitrogens with one attached hydrogen (secondary N) is 1. The first-order valence-electron chi connectivity index (χ1n) is 6.61. The van der Waals surface area contributed by atoms with Gasteiger partial charge >= 0.3 is 0 Å². The molecule has 104 valence electrons. The Kier molecular flexibility index (Phi) is 4.48. The van der Waals surface area contributed by atoms with Crippen LogP contribution >= 0.6 is 0 Å². The quantitative estimate of drug-likeness (QED) is 0.896. The average molecular weight is 269 g/mol. The molecule has 0 bridgehead atoms. The molecule has 0 saturated heterocycles. The summed E-state index contributed by atoms with van der Waals surface area (Å²) in [5.41, 5.74) is 8.80. The fourth-order valence-corrected chi connectivity index (χ4v) is 2.01. The third-order valence-electron chi connectivity index (χ3n) is 3.28. The molecule has 2 atom stereocenters. The van der Waals surface area contributed by atoms with Gasteiger partial charge in [0, 0.05) is 12.2 Å². The maximum atomic E-state index is 12.2. The number of aryl methyl sites for hydroxylation is 1. The summed E-state index contributed by atoms with van der Waals surface area (Å²) in [4.78, 5) is 16.3. The number of hydrogen-bond donors (Lipinski definition) is 2. The monoisotopic (exact) mass is 269 g/mol. The van der Waals surface area contributed by atoms with E-state index in [1.807, 2.05) is 50.2 Å². The van der Waals surface area contributed by atoms with Crippen molar-refractivity contribution >= 4 is 11.6 Å². The second kappa shape index (κ2) is 6.30. The number of benzene rings is 1. The maximum Gasteiger partial charge on any atom is 0.229 e. The number of anilines is 1. The van der Waals surface area contributed by atoms with Crippen molar-refractivity contribution in [3.05, 3.63) is 59.9 Å². The number of hydrogen-bond acceptors (Lipinski definition) is 3. The van der Waals surface area contributed by atoms with Crippen LogP contribution in [0.1, 0.15) is 24.1 Å². The third kappa shape index (κ3) is 3.42. The van der Waals surface area contributed by atoms with Crippen LogP contribution < -0.4 is 11.1 Å². The molecule has 2 rings (SSSR count). The van der Waals surface area contributed by atoms with Gasteiger partial charge in [0.2, 0.25) is 5.91 Å². The fraction of sp³-hybridized carbons (Fsp3) is 0.250. The number of amides is 1. The van der Waals surface area contributed by atoms with Gasteiger partial charge in [-0.2, -0.15) is 0 Å². The highest BCUT2D eigenvalue weighted by molar-refractivity contribution is 5.92. The SMILES string of the molecule is Cc1cncc(NC(=O)C(C)C(N)c2ccccc2)c1. The second-order valence-electron chi connectivity index (χ2n) is 4.97. The Hall–Kier alpha value is -2.20. The van der Waals surface area contributed by atoms with Gasteiger partial charge < -0.3 is 11.1 Å². The minimum Gasteiger partial charge on any atom is -0.324 e. The first-order valence-corrected chi connectivity index (χ1v) is 6.61. The number of carbonyl (C=O) groups is 1. The van der Waals surface area contributed by atoms with Crippen molar-refractivity contribution in [2.45, 2.75) is 19.9 Å². The number of nitrogens with two attached hydrogens (primary N) is 1. The molecule has 4 nitrogen and oxygen atoms in total. The Balaban J connectivity index is 2.05. The lowest BCUT2D eigenvalue weighted by molar-refractivity contribution is -0.120. The van der Waals surface area contributed by atoms with Gasteiger partial charge in [-0.15, -0.1) is 0 Å². The Labute approximate surface area is 119 Å². The highest BCUT2D eigenvalue weighted by Crippen LogP contribution is 2.20. The molecular formula is C16H19N3O. The van der Waals surface area contributed by atoms with E-state index >= 15 is 0 Å². The molecule has 0 saturated carbocycles. The van der Waals surface area contributed by atoms with E-state index in [2.05, 4.69) is 10.3 Å². The van der Waals surface area contributed by atoms with Crippen LogP contribution in [0.15, 0.2) is 48.8 Å². The lowest BCUT2D eigenvalue weighted by atomic mass is 9.94. The lowest BCUT2D eigenvalue weighted by Crippen LogP contribution is -2.30. The van der Waals surface area contributed by atoms with E-state index in [0.717, 1.165) is 11.1 Å². The predicted molar refractivity (Wildman–Crippen MR) is 80.1 cm³/mol. The Morgan fingerprint density at radius 2 is 1.95 bits per heavy atom. The van der Waals surface area contributed by atoms with Gasteiger partial charge in [-0.1, -0.05) is 37.3 Å². The fourth-order valence-electron chi connectivity index (χ4n) is 2.01. The number of nitrogens with zero attached hydrogens (tertiary/aromatic N) is 1. The van der Waals surface area contributed by atoms with Crippen LogP contribution in [-0.2, 0) is 4.79 Å². The molecule has 1 amide bonds. The van der Waals surface area contributed by atoms with Gasteiger partial charge in [-0.25, -0.2) is 0 Å². The molecule has 0 aliphatic heterocycles. The molecule has 1 heterocycles. The van der Waals surface area contributed by atoms with E-state index in [9.17, 15) is 4.79 Å². The molecule has 1 aromatic carbocycles. The summed E-state index contributed by atoms with van der Waals surface area (Å²) in [6.45, 7) is 3.76. The highest BCUT2D eigenvalue weighted by Gasteiger charge is 2.22. The van der Waals surface area contributed by atoms with Crippen LogP contribution in [0.4, 0.5) is 5.69 Å². The van der Waals surface area contributed by atoms with Crippen LogP contribution in [0.25, 0.3) is 0 Å². The van der Waals surface area contributed by atoms with Crippen molar-refractivity contribution < 1.29 is 4.79 Å². The molecule has 2 aromatic rings. The summed E-state index contributed by atoms with van der Waals surface area (Å²) >= 11 is 0. The van der Waals surface area contributed by atoms with Crippen LogP contribution in [0, 0.1) is 12.8 Å². The molecule has 4 heteroatoms. The van der Waals surface area contributed by atoms with Gasteiger partial charge in [0.1, 0.15) is 0 Å². The van der Waals surface area contributed by atoms with Crippen LogP contribution in [0.5, 0.6) is 0 Å². The van der Waals surface area contributed by atoms with Gasteiger partial charge in [0.15, 0.2) is 0 Å². The maximum absolute atomic E-state index is 12.2. The number of rotatable bonds is 4. The molecule has 0 spiro atoms. The minimum absolute atomic E-state index is 0.103. The van der Waals surface area contributed by atoms with Crippen LogP contribution in [-0.4, -0.2) is 10.9 Å². The molecule has 2 unspecified atom stereocenters. The van der Waals surface area contributed by atoms with Crippen LogP contribution in [0.3, 0.4) is 0 Å². The lowest BCUT2D eigenvalue weighted by Gasteiger charge is -2.19. The number of carbonyl (C=O) groups excluding carboxylic acids is 1. The van der Waals surface area contributed by atoms with Crippen molar-refractivity contribution in [1.29, 1.82) is 0 Å². The molecule has 20 heavy (non-hydrogen) atoms. The number of pyridine rings is 1. The zero-order valence-electron chi connectivity index (χ0n) is 11.7. The normalized spacial score (nSPS) is 13.6. The van der Waals surface area contributed by atoms with Crippen molar-refractivity contribution in [2.75, 3.05) is 5.32 Å². The zero-order chi connectivity index (χ0) is 14.5. The zero-order valence-corrected chi connectivity index (χ0v) is 11.7. The average Bonchev–Trinajstić information content (AvgIpc) is 2.46. The van der Waals surface area contributed by atoms with E-state index in [4.69, 9.17) is 5.73 Å². The van der Waals surface area contributed by atoms with Crippen LogP contribution in [0.2, 0.25) is 0 Å². The summed E-state index contributed by atoms with van der Waals surface area (Å²) in [6.07, 6.45) is 3.38. The van der Waals surface area contributed by atoms with E-state index in [1.165, 1.54) is 0 Å². The minimum atomic E-state index is -0.325. The summed E-state index contributed by atoms with van der Waals surface area (Å²) in [7, 11) is 0. The largest absolute Gasteiger partial charge is 0.324 e. The Morgan fingerprint density at radius 3 is 2.60 bits per heavy atom. The third-order valence-corrected chi connectivity index (χ3v) is 3.28.